The van der Waals surface area contributed by atoms with Crippen LogP contribution < -0.4 is 0 Å². The summed E-state index contributed by atoms with van der Waals surface area (Å²) in [5.41, 5.74) is 3.16. The van der Waals surface area contributed by atoms with Gasteiger partial charge in [0.2, 0.25) is 0 Å². The minimum absolute atomic E-state index is 0.151. The molecule has 0 fully saturated rings. The van der Waals surface area contributed by atoms with Gasteiger partial charge >= 0.3 is 0 Å². The molecule has 0 radical (unpaired) electrons. The first-order valence-electron chi connectivity index (χ1n) is 4.60. The maximum atomic E-state index is 8.96. The lowest BCUT2D eigenvalue weighted by Crippen LogP contribution is -1.97. The Morgan fingerprint density at radius 1 is 1.43 bits per heavy atom. The molecule has 0 spiro atoms. The number of aliphatic hydroxyl groups is 1. The lowest BCUT2D eigenvalue weighted by molar-refractivity contribution is 0.297. The number of nitrogens with zero attached hydrogens (tertiary/aromatic N) is 1. The molecule has 2 heterocycles. The van der Waals surface area contributed by atoms with Crippen LogP contribution >= 0.6 is 11.6 Å². The van der Waals surface area contributed by atoms with Gasteiger partial charge in [0.05, 0.1) is 10.5 Å². The summed E-state index contributed by atoms with van der Waals surface area (Å²) < 4.78 is 2.04. The number of pyridine rings is 1. The van der Waals surface area contributed by atoms with Gasteiger partial charge in [0.15, 0.2) is 0 Å². The first kappa shape index (κ1) is 9.56. The Labute approximate surface area is 87.7 Å². The van der Waals surface area contributed by atoms with Crippen LogP contribution in [0.4, 0.5) is 0 Å². The SMILES string of the molecule is Cc1c(Cl)c2ccccn2c1CCO. The Balaban J connectivity index is 2.74. The maximum Gasteiger partial charge on any atom is 0.0693 e. The Hall–Kier alpha value is -0.990. The van der Waals surface area contributed by atoms with Crippen molar-refractivity contribution in [2.24, 2.45) is 0 Å². The molecule has 74 valence electrons. The average Bonchev–Trinajstić information content (AvgIpc) is 2.45. The monoisotopic (exact) mass is 209 g/mol. The summed E-state index contributed by atoms with van der Waals surface area (Å²) >= 11 is 6.18. The lowest BCUT2D eigenvalue weighted by atomic mass is 10.2. The molecule has 14 heavy (non-hydrogen) atoms. The van der Waals surface area contributed by atoms with Gasteiger partial charge in [0, 0.05) is 24.9 Å². The number of aliphatic hydroxyl groups excluding tert-OH is 1. The van der Waals surface area contributed by atoms with Gasteiger partial charge in [-0.2, -0.15) is 0 Å². The molecule has 2 nitrogen and oxygen atoms in total. The molecule has 0 aromatic carbocycles. The van der Waals surface area contributed by atoms with Crippen molar-refractivity contribution >= 4 is 17.1 Å². The molecule has 2 aromatic rings. The minimum Gasteiger partial charge on any atom is -0.396 e. The summed E-state index contributed by atoms with van der Waals surface area (Å²) in [7, 11) is 0. The van der Waals surface area contributed by atoms with Gasteiger partial charge in [0.1, 0.15) is 0 Å². The van der Waals surface area contributed by atoms with E-state index in [0.29, 0.717) is 6.42 Å². The zero-order chi connectivity index (χ0) is 10.1. The minimum atomic E-state index is 0.151. The second-order valence-corrected chi connectivity index (χ2v) is 3.69. The number of hydrogen-bond donors (Lipinski definition) is 1. The summed E-state index contributed by atoms with van der Waals surface area (Å²) in [6.07, 6.45) is 2.61. The van der Waals surface area contributed by atoms with Gasteiger partial charge in [-0.05, 0) is 24.6 Å². The van der Waals surface area contributed by atoms with Crippen molar-refractivity contribution in [3.05, 3.63) is 40.7 Å². The highest BCUT2D eigenvalue weighted by Crippen LogP contribution is 2.27. The van der Waals surface area contributed by atoms with Crippen LogP contribution in [0, 0.1) is 6.92 Å². The van der Waals surface area contributed by atoms with Gasteiger partial charge in [-0.25, -0.2) is 0 Å². The maximum absolute atomic E-state index is 8.96. The average molecular weight is 210 g/mol. The molecule has 3 heteroatoms. The van der Waals surface area contributed by atoms with Crippen LogP contribution in [0.3, 0.4) is 0 Å². The van der Waals surface area contributed by atoms with Crippen molar-refractivity contribution in [2.45, 2.75) is 13.3 Å². The van der Waals surface area contributed by atoms with E-state index in [1.54, 1.807) is 0 Å². The molecule has 0 saturated heterocycles. The van der Waals surface area contributed by atoms with E-state index >= 15 is 0 Å². The van der Waals surface area contributed by atoms with Crippen LogP contribution in [0.25, 0.3) is 5.52 Å². The Bertz CT molecular complexity index is 462. The van der Waals surface area contributed by atoms with E-state index < -0.39 is 0 Å². The van der Waals surface area contributed by atoms with E-state index in [4.69, 9.17) is 16.7 Å². The molecule has 0 aliphatic carbocycles. The van der Waals surface area contributed by atoms with Gasteiger partial charge in [-0.1, -0.05) is 17.7 Å². The third-order valence-electron chi connectivity index (χ3n) is 2.49. The van der Waals surface area contributed by atoms with Crippen molar-refractivity contribution in [2.75, 3.05) is 6.61 Å². The standard InChI is InChI=1S/C11H12ClNO/c1-8-9(5-7-14)13-6-3-2-4-10(13)11(8)12/h2-4,6,14H,5,7H2,1H3. The topological polar surface area (TPSA) is 24.6 Å². The van der Waals surface area contributed by atoms with Crippen LogP contribution in [0.1, 0.15) is 11.3 Å². The summed E-state index contributed by atoms with van der Waals surface area (Å²) in [5, 5.41) is 9.74. The Kier molecular flexibility index (Phi) is 2.48. The van der Waals surface area contributed by atoms with E-state index in [0.717, 1.165) is 21.8 Å². The molecule has 1 N–H and O–H groups in total. The molecule has 0 saturated carbocycles. The second kappa shape index (κ2) is 3.64. The Morgan fingerprint density at radius 3 is 2.93 bits per heavy atom. The molecule has 0 aliphatic rings. The number of aromatic nitrogens is 1. The first-order chi connectivity index (χ1) is 6.75. The van der Waals surface area contributed by atoms with Gasteiger partial charge in [-0.3, -0.25) is 0 Å². The van der Waals surface area contributed by atoms with Crippen LogP contribution in [0.2, 0.25) is 5.02 Å². The Morgan fingerprint density at radius 2 is 2.21 bits per heavy atom. The normalized spacial score (nSPS) is 11.1. The number of fused-ring (bicyclic) bond motifs is 1. The predicted octanol–water partition coefficient (Wildman–Crippen LogP) is 2.44. The van der Waals surface area contributed by atoms with Crippen LogP contribution in [-0.2, 0) is 6.42 Å². The van der Waals surface area contributed by atoms with Crippen LogP contribution in [0.15, 0.2) is 24.4 Å². The highest BCUT2D eigenvalue weighted by molar-refractivity contribution is 6.34. The van der Waals surface area contributed by atoms with E-state index in [9.17, 15) is 0 Å². The molecule has 2 aromatic heterocycles. The van der Waals surface area contributed by atoms with Crippen molar-refractivity contribution in [3.8, 4) is 0 Å². The van der Waals surface area contributed by atoms with Crippen molar-refractivity contribution in [1.29, 1.82) is 0 Å². The zero-order valence-electron chi connectivity index (χ0n) is 8.00. The fraction of sp³-hybridized carbons (Fsp3) is 0.273. The summed E-state index contributed by atoms with van der Waals surface area (Å²) in [6.45, 7) is 2.14. The lowest BCUT2D eigenvalue weighted by Gasteiger charge is -2.00. The van der Waals surface area contributed by atoms with E-state index in [2.05, 4.69) is 0 Å². The molecular formula is C11H12ClNO. The molecule has 0 unspecified atom stereocenters. The molecule has 0 amide bonds. The van der Waals surface area contributed by atoms with Crippen LogP contribution in [0.5, 0.6) is 0 Å². The van der Waals surface area contributed by atoms with Gasteiger partial charge < -0.3 is 9.51 Å². The van der Waals surface area contributed by atoms with Gasteiger partial charge in [-0.15, -0.1) is 0 Å². The summed E-state index contributed by atoms with van der Waals surface area (Å²) in [5.74, 6) is 0. The highest BCUT2D eigenvalue weighted by Gasteiger charge is 2.11. The van der Waals surface area contributed by atoms with E-state index in [1.165, 1.54) is 0 Å². The first-order valence-corrected chi connectivity index (χ1v) is 4.98. The second-order valence-electron chi connectivity index (χ2n) is 3.32. The number of halogens is 1. The van der Waals surface area contributed by atoms with E-state index in [-0.39, 0.29) is 6.61 Å². The van der Waals surface area contributed by atoms with Crippen molar-refractivity contribution in [3.63, 3.8) is 0 Å². The highest BCUT2D eigenvalue weighted by atomic mass is 35.5. The molecule has 2 rings (SSSR count). The van der Waals surface area contributed by atoms with Gasteiger partial charge in [0.25, 0.3) is 0 Å². The predicted molar refractivity (Wildman–Crippen MR) is 57.9 cm³/mol. The number of rotatable bonds is 2. The van der Waals surface area contributed by atoms with Crippen LogP contribution in [-0.4, -0.2) is 16.1 Å². The third kappa shape index (κ3) is 1.31. The quantitative estimate of drug-likeness (QED) is 0.808. The largest absolute Gasteiger partial charge is 0.396 e. The molecule has 0 aliphatic heterocycles. The molecular weight excluding hydrogens is 198 g/mol. The summed E-state index contributed by atoms with van der Waals surface area (Å²) in [6, 6.07) is 5.91. The van der Waals surface area contributed by atoms with Crippen molar-refractivity contribution < 1.29 is 5.11 Å². The third-order valence-corrected chi connectivity index (χ3v) is 2.96. The number of hydrogen-bond acceptors (Lipinski definition) is 1. The summed E-state index contributed by atoms with van der Waals surface area (Å²) in [4.78, 5) is 0. The van der Waals surface area contributed by atoms with E-state index in [1.807, 2.05) is 35.7 Å². The molecule has 0 atom stereocenters. The fourth-order valence-corrected chi connectivity index (χ4v) is 2.03. The zero-order valence-corrected chi connectivity index (χ0v) is 8.75. The fourth-order valence-electron chi connectivity index (χ4n) is 1.77. The smallest absolute Gasteiger partial charge is 0.0693 e. The van der Waals surface area contributed by atoms with Crippen molar-refractivity contribution in [1.82, 2.24) is 4.40 Å². The molecule has 0 bridgehead atoms.